The fourth-order valence-electron chi connectivity index (χ4n) is 2.45. The van der Waals surface area contributed by atoms with E-state index < -0.39 is 0 Å². The summed E-state index contributed by atoms with van der Waals surface area (Å²) in [7, 11) is 0. The second-order valence-electron chi connectivity index (χ2n) is 4.89. The summed E-state index contributed by atoms with van der Waals surface area (Å²) in [5, 5.41) is 5.13. The predicted molar refractivity (Wildman–Crippen MR) is 78.9 cm³/mol. The van der Waals surface area contributed by atoms with Crippen molar-refractivity contribution in [3.8, 4) is 0 Å². The van der Waals surface area contributed by atoms with Crippen molar-refractivity contribution in [1.82, 2.24) is 0 Å². The first-order valence-corrected chi connectivity index (χ1v) is 6.70. The largest absolute Gasteiger partial charge is 0.0654 e. The average molecular weight is 233 g/mol. The summed E-state index contributed by atoms with van der Waals surface area (Å²) in [6.07, 6.45) is 3.71. The average Bonchev–Trinajstić information content (AvgIpc) is 2.42. The van der Waals surface area contributed by atoms with E-state index in [1.54, 1.807) is 0 Å². The standard InChI is InChI=1S/C18H17/c1-2-3-6-14-9-10-17-12-15-7-4-5-8-16(15)13-18(17)11-14/h4-5,8-13H,2-3,6H2,1H3. The van der Waals surface area contributed by atoms with E-state index in [9.17, 15) is 0 Å². The molecule has 0 aliphatic rings. The number of aryl methyl sites for hydroxylation is 1. The second kappa shape index (κ2) is 4.81. The van der Waals surface area contributed by atoms with Crippen LogP contribution in [0.5, 0.6) is 0 Å². The molecule has 0 bridgehead atoms. The Hall–Kier alpha value is -1.82. The Balaban J connectivity index is 2.12. The molecule has 0 spiro atoms. The lowest BCUT2D eigenvalue weighted by molar-refractivity contribution is 0.796. The summed E-state index contributed by atoms with van der Waals surface area (Å²) < 4.78 is 0. The Bertz CT molecular complexity index is 680. The van der Waals surface area contributed by atoms with Crippen molar-refractivity contribution in [3.63, 3.8) is 0 Å². The molecule has 0 heterocycles. The van der Waals surface area contributed by atoms with Gasteiger partial charge < -0.3 is 0 Å². The van der Waals surface area contributed by atoms with Gasteiger partial charge in [0.25, 0.3) is 0 Å². The van der Waals surface area contributed by atoms with Crippen LogP contribution in [0.15, 0.2) is 48.5 Å². The van der Waals surface area contributed by atoms with Gasteiger partial charge in [0.05, 0.1) is 0 Å². The third kappa shape index (κ3) is 2.11. The molecular formula is C18H17. The predicted octanol–water partition coefficient (Wildman–Crippen LogP) is 5.14. The van der Waals surface area contributed by atoms with Crippen molar-refractivity contribution in [2.24, 2.45) is 0 Å². The van der Waals surface area contributed by atoms with Gasteiger partial charge in [-0.15, -0.1) is 0 Å². The van der Waals surface area contributed by atoms with Crippen LogP contribution in [0.4, 0.5) is 0 Å². The summed E-state index contributed by atoms with van der Waals surface area (Å²) in [4.78, 5) is 0. The van der Waals surface area contributed by atoms with Crippen LogP contribution in [0.1, 0.15) is 25.3 Å². The maximum Gasteiger partial charge on any atom is -0.00988 e. The number of hydrogen-bond donors (Lipinski definition) is 0. The molecule has 3 aromatic rings. The van der Waals surface area contributed by atoms with E-state index in [1.807, 2.05) is 6.07 Å². The van der Waals surface area contributed by atoms with Crippen LogP contribution in [-0.2, 0) is 6.42 Å². The Morgan fingerprint density at radius 1 is 0.944 bits per heavy atom. The number of rotatable bonds is 3. The highest BCUT2D eigenvalue weighted by Crippen LogP contribution is 2.23. The fraction of sp³-hybridized carbons (Fsp3) is 0.222. The third-order valence-electron chi connectivity index (χ3n) is 3.50. The van der Waals surface area contributed by atoms with E-state index >= 15 is 0 Å². The van der Waals surface area contributed by atoms with Crippen LogP contribution in [0.3, 0.4) is 0 Å². The van der Waals surface area contributed by atoms with E-state index in [0.717, 1.165) is 0 Å². The van der Waals surface area contributed by atoms with Crippen LogP contribution < -0.4 is 0 Å². The molecule has 0 nitrogen and oxygen atoms in total. The SMILES string of the molecule is CCCCc1ccc2cc3[c]cccc3cc2c1. The van der Waals surface area contributed by atoms with Crippen LogP contribution in [0.2, 0.25) is 0 Å². The van der Waals surface area contributed by atoms with Gasteiger partial charge in [-0.05, 0) is 58.1 Å². The molecule has 0 saturated carbocycles. The first-order chi connectivity index (χ1) is 8.86. The highest BCUT2D eigenvalue weighted by atomic mass is 14.0. The molecule has 0 amide bonds. The van der Waals surface area contributed by atoms with E-state index in [-0.39, 0.29) is 0 Å². The molecule has 0 aliphatic heterocycles. The van der Waals surface area contributed by atoms with Crippen LogP contribution in [0, 0.1) is 6.07 Å². The van der Waals surface area contributed by atoms with E-state index in [0.29, 0.717) is 0 Å². The van der Waals surface area contributed by atoms with Gasteiger partial charge in [-0.3, -0.25) is 0 Å². The Labute approximate surface area is 108 Å². The van der Waals surface area contributed by atoms with Gasteiger partial charge in [-0.1, -0.05) is 49.7 Å². The highest BCUT2D eigenvalue weighted by Gasteiger charge is 1.99. The first kappa shape index (κ1) is 11.3. The zero-order valence-electron chi connectivity index (χ0n) is 10.7. The van der Waals surface area contributed by atoms with Gasteiger partial charge in [-0.25, -0.2) is 0 Å². The van der Waals surface area contributed by atoms with Gasteiger partial charge in [0.15, 0.2) is 0 Å². The van der Waals surface area contributed by atoms with Crippen molar-refractivity contribution < 1.29 is 0 Å². The monoisotopic (exact) mass is 233 g/mol. The van der Waals surface area contributed by atoms with Crippen molar-refractivity contribution >= 4 is 21.5 Å². The third-order valence-corrected chi connectivity index (χ3v) is 3.50. The van der Waals surface area contributed by atoms with E-state index in [1.165, 1.54) is 46.4 Å². The molecule has 18 heavy (non-hydrogen) atoms. The summed E-state index contributed by atoms with van der Waals surface area (Å²) in [6, 6.07) is 20.8. The molecule has 89 valence electrons. The lowest BCUT2D eigenvalue weighted by atomic mass is 10.00. The summed E-state index contributed by atoms with van der Waals surface area (Å²) in [5.41, 5.74) is 1.45. The smallest absolute Gasteiger partial charge is 0.00988 e. The van der Waals surface area contributed by atoms with Crippen LogP contribution in [-0.4, -0.2) is 0 Å². The maximum absolute atomic E-state index is 3.29. The molecular weight excluding hydrogens is 216 g/mol. The molecule has 1 radical (unpaired) electrons. The van der Waals surface area contributed by atoms with E-state index in [2.05, 4.69) is 55.5 Å². The van der Waals surface area contributed by atoms with E-state index in [4.69, 9.17) is 0 Å². The molecule has 3 rings (SSSR count). The zero-order chi connectivity index (χ0) is 12.4. The Morgan fingerprint density at radius 2 is 1.89 bits per heavy atom. The fourth-order valence-corrected chi connectivity index (χ4v) is 2.45. The summed E-state index contributed by atoms with van der Waals surface area (Å²) >= 11 is 0. The molecule has 0 N–H and O–H groups in total. The normalized spacial score (nSPS) is 11.2. The molecule has 0 atom stereocenters. The number of benzene rings is 3. The minimum atomic E-state index is 1.19. The van der Waals surface area contributed by atoms with Crippen LogP contribution >= 0.6 is 0 Å². The van der Waals surface area contributed by atoms with Crippen molar-refractivity contribution in [3.05, 3.63) is 60.2 Å². The lowest BCUT2D eigenvalue weighted by Crippen LogP contribution is -1.85. The number of unbranched alkanes of at least 4 members (excludes halogenated alkanes) is 1. The molecule has 0 saturated heterocycles. The molecule has 0 aliphatic carbocycles. The lowest BCUT2D eigenvalue weighted by Gasteiger charge is -2.05. The zero-order valence-corrected chi connectivity index (χ0v) is 10.7. The van der Waals surface area contributed by atoms with Crippen molar-refractivity contribution in [2.75, 3.05) is 0 Å². The second-order valence-corrected chi connectivity index (χ2v) is 4.89. The Kier molecular flexibility index (Phi) is 3.02. The van der Waals surface area contributed by atoms with Crippen LogP contribution in [0.25, 0.3) is 21.5 Å². The first-order valence-electron chi connectivity index (χ1n) is 6.70. The molecule has 0 fully saturated rings. The van der Waals surface area contributed by atoms with Gasteiger partial charge in [-0.2, -0.15) is 0 Å². The quantitative estimate of drug-likeness (QED) is 0.550. The van der Waals surface area contributed by atoms with Crippen molar-refractivity contribution in [1.29, 1.82) is 0 Å². The minimum Gasteiger partial charge on any atom is -0.0654 e. The van der Waals surface area contributed by atoms with Gasteiger partial charge >= 0.3 is 0 Å². The topological polar surface area (TPSA) is 0 Å². The summed E-state index contributed by atoms with van der Waals surface area (Å²) in [6.45, 7) is 2.24. The molecule has 0 heteroatoms. The van der Waals surface area contributed by atoms with Gasteiger partial charge in [0, 0.05) is 0 Å². The molecule has 0 aromatic heterocycles. The highest BCUT2D eigenvalue weighted by molar-refractivity contribution is 5.98. The molecule has 3 aromatic carbocycles. The molecule has 0 unspecified atom stereocenters. The van der Waals surface area contributed by atoms with Gasteiger partial charge in [0.1, 0.15) is 0 Å². The summed E-state index contributed by atoms with van der Waals surface area (Å²) in [5.74, 6) is 0. The number of fused-ring (bicyclic) bond motifs is 2. The van der Waals surface area contributed by atoms with Crippen molar-refractivity contribution in [2.45, 2.75) is 26.2 Å². The minimum absolute atomic E-state index is 1.19. The number of hydrogen-bond acceptors (Lipinski definition) is 0. The Morgan fingerprint density at radius 3 is 2.78 bits per heavy atom. The maximum atomic E-state index is 3.29. The van der Waals surface area contributed by atoms with Gasteiger partial charge in [0.2, 0.25) is 0 Å².